The summed E-state index contributed by atoms with van der Waals surface area (Å²) >= 11 is 0. The number of nitrogens with zero attached hydrogens (tertiary/aromatic N) is 2. The molecule has 0 aliphatic carbocycles. The van der Waals surface area contributed by atoms with Gasteiger partial charge in [0.25, 0.3) is 5.91 Å². The zero-order valence-corrected chi connectivity index (χ0v) is 20.5. The zero-order valence-electron chi connectivity index (χ0n) is 19.7. The number of amides is 1. The Hall–Kier alpha value is -3.50. The standard InChI is InChI=1S/C25H28N4O5S/c1-3-34-25(31)22-17(2)26-20-12-5-6-13-21(20)27-23(22)28-24(30)18-10-9-11-19(16-18)35(32,33)29-14-7-4-8-15-29/h5-6,9-13,16,26H,3-4,7-8,14-15H2,1-2H3,(H,27,28,30). The van der Waals surface area contributed by atoms with Crippen molar-refractivity contribution in [1.82, 2.24) is 9.62 Å². The van der Waals surface area contributed by atoms with E-state index in [1.807, 2.05) is 12.1 Å². The molecule has 1 fully saturated rings. The Balaban J connectivity index is 1.67. The molecule has 2 aromatic rings. The number of aliphatic imine (C=N–C) groups is 1. The minimum absolute atomic E-state index is 0.0210. The average Bonchev–Trinajstić information content (AvgIpc) is 2.99. The van der Waals surface area contributed by atoms with Crippen molar-refractivity contribution in [3.05, 3.63) is 65.4 Å². The molecule has 35 heavy (non-hydrogen) atoms. The van der Waals surface area contributed by atoms with E-state index in [2.05, 4.69) is 15.6 Å². The van der Waals surface area contributed by atoms with Crippen molar-refractivity contribution in [2.75, 3.05) is 25.0 Å². The van der Waals surface area contributed by atoms with Crippen LogP contribution in [-0.2, 0) is 19.6 Å². The Kier molecular flexibility index (Phi) is 7.32. The Morgan fingerprint density at radius 3 is 2.57 bits per heavy atom. The summed E-state index contributed by atoms with van der Waals surface area (Å²) in [5.74, 6) is -1.20. The minimum atomic E-state index is -3.71. The molecule has 2 heterocycles. The topological polar surface area (TPSA) is 117 Å². The van der Waals surface area contributed by atoms with Crippen molar-refractivity contribution in [2.45, 2.75) is 38.0 Å². The maximum Gasteiger partial charge on any atom is 0.343 e. The molecule has 2 aliphatic rings. The van der Waals surface area contributed by atoms with Crippen LogP contribution in [0.3, 0.4) is 0 Å². The molecule has 0 atom stereocenters. The van der Waals surface area contributed by atoms with Gasteiger partial charge in [0, 0.05) is 24.4 Å². The van der Waals surface area contributed by atoms with Crippen LogP contribution in [0, 0.1) is 0 Å². The van der Waals surface area contributed by atoms with Gasteiger partial charge in [0.15, 0.2) is 0 Å². The lowest BCUT2D eigenvalue weighted by Gasteiger charge is -2.26. The number of hydrogen-bond acceptors (Lipinski definition) is 7. The van der Waals surface area contributed by atoms with Crippen LogP contribution in [0.4, 0.5) is 11.4 Å². The van der Waals surface area contributed by atoms with E-state index in [1.54, 1.807) is 26.0 Å². The van der Waals surface area contributed by atoms with Gasteiger partial charge < -0.3 is 15.4 Å². The van der Waals surface area contributed by atoms with Gasteiger partial charge in [0.05, 0.1) is 22.9 Å². The Morgan fingerprint density at radius 2 is 1.83 bits per heavy atom. The van der Waals surface area contributed by atoms with E-state index in [0.717, 1.165) is 19.3 Å². The summed E-state index contributed by atoms with van der Waals surface area (Å²) in [5, 5.41) is 5.85. The molecule has 184 valence electrons. The molecule has 1 saturated heterocycles. The number of allylic oxidation sites excluding steroid dienone is 1. The van der Waals surface area contributed by atoms with Crippen molar-refractivity contribution in [2.24, 2.45) is 4.99 Å². The van der Waals surface area contributed by atoms with Crippen molar-refractivity contribution >= 4 is 39.1 Å². The van der Waals surface area contributed by atoms with E-state index >= 15 is 0 Å². The molecule has 0 bridgehead atoms. The molecule has 9 nitrogen and oxygen atoms in total. The molecule has 2 aromatic carbocycles. The largest absolute Gasteiger partial charge is 0.462 e. The molecular weight excluding hydrogens is 468 g/mol. The van der Waals surface area contributed by atoms with Crippen LogP contribution < -0.4 is 10.6 Å². The fourth-order valence-corrected chi connectivity index (χ4v) is 5.63. The third kappa shape index (κ3) is 5.28. The summed E-state index contributed by atoms with van der Waals surface area (Å²) in [6.07, 6.45) is 2.64. The number of ether oxygens (including phenoxy) is 1. The van der Waals surface area contributed by atoms with E-state index in [4.69, 9.17) is 4.74 Å². The van der Waals surface area contributed by atoms with Gasteiger partial charge in [0.1, 0.15) is 11.4 Å². The van der Waals surface area contributed by atoms with Crippen LogP contribution in [0.25, 0.3) is 0 Å². The fourth-order valence-electron chi connectivity index (χ4n) is 4.07. The number of amidine groups is 1. The van der Waals surface area contributed by atoms with Gasteiger partial charge >= 0.3 is 5.97 Å². The molecule has 0 unspecified atom stereocenters. The van der Waals surface area contributed by atoms with Gasteiger partial charge in [0.2, 0.25) is 10.0 Å². The van der Waals surface area contributed by atoms with Crippen molar-refractivity contribution < 1.29 is 22.7 Å². The smallest absolute Gasteiger partial charge is 0.343 e. The number of nitrogens with one attached hydrogen (secondary N) is 2. The molecule has 0 saturated carbocycles. The Bertz CT molecular complexity index is 1310. The normalized spacial score (nSPS) is 16.5. The van der Waals surface area contributed by atoms with Crippen LogP contribution >= 0.6 is 0 Å². The maximum absolute atomic E-state index is 13.2. The predicted octanol–water partition coefficient (Wildman–Crippen LogP) is 3.58. The monoisotopic (exact) mass is 496 g/mol. The van der Waals surface area contributed by atoms with Gasteiger partial charge in [-0.1, -0.05) is 24.6 Å². The molecule has 0 radical (unpaired) electrons. The number of esters is 1. The zero-order chi connectivity index (χ0) is 25.0. The van der Waals surface area contributed by atoms with Crippen molar-refractivity contribution in [3.63, 3.8) is 0 Å². The lowest BCUT2D eigenvalue weighted by Crippen LogP contribution is -2.36. The third-order valence-electron chi connectivity index (χ3n) is 5.83. The third-order valence-corrected chi connectivity index (χ3v) is 7.73. The SMILES string of the molecule is CCOC(=O)C1=C(C)Nc2ccccc2N=C1NC(=O)c1cccc(S(=O)(=O)N2CCCCC2)c1. The molecule has 0 spiro atoms. The van der Waals surface area contributed by atoms with Gasteiger partial charge in [-0.25, -0.2) is 18.2 Å². The molecule has 2 N–H and O–H groups in total. The van der Waals surface area contributed by atoms with E-state index in [9.17, 15) is 18.0 Å². The molecule has 4 rings (SSSR count). The number of hydrogen-bond donors (Lipinski definition) is 2. The molecule has 1 amide bonds. The summed E-state index contributed by atoms with van der Waals surface area (Å²) in [5.41, 5.74) is 1.90. The lowest BCUT2D eigenvalue weighted by molar-refractivity contribution is -0.137. The maximum atomic E-state index is 13.2. The number of fused-ring (bicyclic) bond motifs is 1. The highest BCUT2D eigenvalue weighted by molar-refractivity contribution is 7.89. The van der Waals surface area contributed by atoms with Crippen LogP contribution in [0.5, 0.6) is 0 Å². The Labute approximate surface area is 204 Å². The first-order chi connectivity index (χ1) is 16.8. The molecule has 10 heteroatoms. The summed E-state index contributed by atoms with van der Waals surface area (Å²) in [4.78, 5) is 30.6. The van der Waals surface area contributed by atoms with Crippen LogP contribution in [0.2, 0.25) is 0 Å². The number of carbonyl (C=O) groups excluding carboxylic acids is 2. The average molecular weight is 497 g/mol. The first-order valence-electron chi connectivity index (χ1n) is 11.6. The number of sulfonamides is 1. The van der Waals surface area contributed by atoms with E-state index < -0.39 is 21.9 Å². The Morgan fingerprint density at radius 1 is 1.09 bits per heavy atom. The van der Waals surface area contributed by atoms with Crippen LogP contribution in [-0.4, -0.2) is 50.1 Å². The highest BCUT2D eigenvalue weighted by Gasteiger charge is 2.28. The quantitative estimate of drug-likeness (QED) is 0.611. The first-order valence-corrected chi connectivity index (χ1v) is 13.0. The number of benzene rings is 2. The van der Waals surface area contributed by atoms with E-state index in [1.165, 1.54) is 28.6 Å². The molecule has 2 aliphatic heterocycles. The molecule has 0 aromatic heterocycles. The minimum Gasteiger partial charge on any atom is -0.462 e. The first kappa shape index (κ1) is 24.6. The second-order valence-electron chi connectivity index (χ2n) is 8.27. The fraction of sp³-hybridized carbons (Fsp3) is 0.320. The summed E-state index contributed by atoms with van der Waals surface area (Å²) in [6, 6.07) is 13.1. The second-order valence-corrected chi connectivity index (χ2v) is 10.2. The second kappa shape index (κ2) is 10.4. The predicted molar refractivity (Wildman–Crippen MR) is 133 cm³/mol. The van der Waals surface area contributed by atoms with Gasteiger partial charge in [-0.2, -0.15) is 4.31 Å². The number of rotatable bonds is 5. The highest BCUT2D eigenvalue weighted by Crippen LogP contribution is 2.30. The van der Waals surface area contributed by atoms with Crippen molar-refractivity contribution in [1.29, 1.82) is 0 Å². The number of piperidine rings is 1. The lowest BCUT2D eigenvalue weighted by atomic mass is 10.1. The van der Waals surface area contributed by atoms with E-state index in [0.29, 0.717) is 30.2 Å². The molecular formula is C25H28N4O5S. The number of para-hydroxylation sites is 2. The van der Waals surface area contributed by atoms with Crippen LogP contribution in [0.1, 0.15) is 43.5 Å². The van der Waals surface area contributed by atoms with Gasteiger partial charge in [-0.15, -0.1) is 0 Å². The van der Waals surface area contributed by atoms with Gasteiger partial charge in [-0.3, -0.25) is 4.79 Å². The number of anilines is 1. The highest BCUT2D eigenvalue weighted by atomic mass is 32.2. The van der Waals surface area contributed by atoms with Crippen LogP contribution in [0.15, 0.2) is 69.7 Å². The van der Waals surface area contributed by atoms with E-state index in [-0.39, 0.29) is 28.5 Å². The summed E-state index contributed by atoms with van der Waals surface area (Å²) in [6.45, 7) is 4.47. The summed E-state index contributed by atoms with van der Waals surface area (Å²) in [7, 11) is -3.71. The van der Waals surface area contributed by atoms with Gasteiger partial charge in [-0.05, 0) is 57.0 Å². The summed E-state index contributed by atoms with van der Waals surface area (Å²) < 4.78 is 32.8. The number of carbonyl (C=O) groups is 2. The van der Waals surface area contributed by atoms with Crippen molar-refractivity contribution in [3.8, 4) is 0 Å².